The lowest BCUT2D eigenvalue weighted by molar-refractivity contribution is 0.205. The summed E-state index contributed by atoms with van der Waals surface area (Å²) in [5.74, 6) is 0. The number of thiophene rings is 1. The van der Waals surface area contributed by atoms with Crippen LogP contribution in [0.2, 0.25) is 0 Å². The van der Waals surface area contributed by atoms with Crippen molar-refractivity contribution in [2.45, 2.75) is 18.5 Å². The molecule has 3 aromatic heterocycles. The monoisotopic (exact) mass is 677 g/mol. The maximum Gasteiger partial charge on any atom is 0.143 e. The Morgan fingerprint density at radius 2 is 1.10 bits per heavy atom. The Morgan fingerprint density at radius 1 is 0.451 bits per heavy atom. The van der Waals surface area contributed by atoms with Gasteiger partial charge in [0, 0.05) is 52.8 Å². The molecule has 1 saturated heterocycles. The van der Waals surface area contributed by atoms with Crippen LogP contribution in [-0.2, 0) is 0 Å². The van der Waals surface area contributed by atoms with E-state index in [2.05, 4.69) is 143 Å². The van der Waals surface area contributed by atoms with E-state index in [1.807, 2.05) is 35.6 Å². The highest BCUT2D eigenvalue weighted by Crippen LogP contribution is 2.43. The lowest BCUT2D eigenvalue weighted by Gasteiger charge is -2.40. The minimum atomic E-state index is -0.147. The van der Waals surface area contributed by atoms with Crippen molar-refractivity contribution in [1.29, 1.82) is 0 Å². The molecule has 0 amide bonds. The summed E-state index contributed by atoms with van der Waals surface area (Å²) in [4.78, 5) is 0. The fourth-order valence-electron chi connectivity index (χ4n) is 8.07. The normalized spacial score (nSPS) is 18.2. The highest BCUT2D eigenvalue weighted by molar-refractivity contribution is 7.26. The zero-order chi connectivity index (χ0) is 33.5. The van der Waals surface area contributed by atoms with E-state index in [1.54, 1.807) is 0 Å². The first-order valence-corrected chi connectivity index (χ1v) is 18.2. The second kappa shape index (κ2) is 11.4. The van der Waals surface area contributed by atoms with Crippen molar-refractivity contribution in [3.63, 3.8) is 0 Å². The van der Waals surface area contributed by atoms with Crippen molar-refractivity contribution >= 4 is 75.4 Å². The molecule has 1 fully saturated rings. The first-order chi connectivity index (χ1) is 25.3. The summed E-state index contributed by atoms with van der Waals surface area (Å²) < 4.78 is 15.3. The molecule has 10 aromatic rings. The van der Waals surface area contributed by atoms with Gasteiger partial charge in [0.1, 0.15) is 22.3 Å². The molecule has 1 aliphatic heterocycles. The fourth-order valence-corrected chi connectivity index (χ4v) is 9.30. The highest BCUT2D eigenvalue weighted by atomic mass is 32.1. The molecular weight excluding hydrogens is 647 g/mol. The van der Waals surface area contributed by atoms with Crippen molar-refractivity contribution in [2.75, 3.05) is 0 Å². The molecule has 3 atom stereocenters. The maximum absolute atomic E-state index is 6.43. The predicted molar refractivity (Wildman–Crippen MR) is 210 cm³/mol. The third-order valence-corrected chi connectivity index (χ3v) is 11.7. The molecule has 5 nitrogen and oxygen atoms in total. The Balaban J connectivity index is 1.04. The summed E-state index contributed by atoms with van der Waals surface area (Å²) in [6.07, 6.45) is -0.362. The summed E-state index contributed by atoms with van der Waals surface area (Å²) >= 11 is 1.85. The molecule has 4 heterocycles. The summed E-state index contributed by atoms with van der Waals surface area (Å²) in [5.41, 5.74) is 9.48. The van der Waals surface area contributed by atoms with Gasteiger partial charge >= 0.3 is 0 Å². The summed E-state index contributed by atoms with van der Waals surface area (Å²) in [6.45, 7) is 0. The average molecular weight is 678 g/mol. The maximum atomic E-state index is 6.43. The first kappa shape index (κ1) is 29.0. The van der Waals surface area contributed by atoms with E-state index in [0.29, 0.717) is 0 Å². The molecule has 11 rings (SSSR count). The number of hydrogen-bond donors (Lipinski definition) is 3. The van der Waals surface area contributed by atoms with Crippen LogP contribution in [0.15, 0.2) is 160 Å². The standard InChI is InChI=1S/C45H31N3O2S/c1-2-11-26(12-3-1)43-46-44(33-18-10-22-38-40(33)32-14-5-7-21-37(32)49-38)48-45(47-43)34-19-9-17-31-35-25-27(23-24-39(35)51-42(31)34)28-15-8-16-30-29-13-4-6-20-36(29)50-41(28)30/h1-25,43-48H. The van der Waals surface area contributed by atoms with Crippen LogP contribution in [0, 0.1) is 0 Å². The summed E-state index contributed by atoms with van der Waals surface area (Å²) in [6, 6.07) is 53.6. The number of nitrogens with one attached hydrogen (secondary N) is 3. The molecule has 0 aliphatic carbocycles. The predicted octanol–water partition coefficient (Wildman–Crippen LogP) is 11.7. The topological polar surface area (TPSA) is 62.4 Å². The smallest absolute Gasteiger partial charge is 0.143 e. The van der Waals surface area contributed by atoms with E-state index in [4.69, 9.17) is 8.83 Å². The van der Waals surface area contributed by atoms with Crippen LogP contribution in [0.4, 0.5) is 0 Å². The molecular formula is C45H31N3O2S. The average Bonchev–Trinajstić information content (AvgIpc) is 3.89. The molecule has 0 radical (unpaired) electrons. The number of benzene rings is 7. The lowest BCUT2D eigenvalue weighted by atomic mass is 9.98. The quantitative estimate of drug-likeness (QED) is 0.173. The Kier molecular flexibility index (Phi) is 6.48. The zero-order valence-corrected chi connectivity index (χ0v) is 28.2. The van der Waals surface area contributed by atoms with Gasteiger partial charge in [-0.25, -0.2) is 0 Å². The van der Waals surface area contributed by atoms with Crippen LogP contribution >= 0.6 is 11.3 Å². The van der Waals surface area contributed by atoms with Crippen LogP contribution in [0.25, 0.3) is 75.2 Å². The SMILES string of the molecule is c1ccc(C2NC(c3cccc4c3sc3ccc(-c5cccc6c5oc5ccccc56)cc34)NC(c3cccc4oc5ccccc5c34)N2)cc1. The molecule has 3 unspecified atom stereocenters. The van der Waals surface area contributed by atoms with Gasteiger partial charge in [0.15, 0.2) is 0 Å². The molecule has 0 bridgehead atoms. The molecule has 1 aliphatic rings. The molecule has 51 heavy (non-hydrogen) atoms. The van der Waals surface area contributed by atoms with Gasteiger partial charge in [-0.05, 0) is 47.0 Å². The lowest BCUT2D eigenvalue weighted by Crippen LogP contribution is -2.54. The van der Waals surface area contributed by atoms with E-state index >= 15 is 0 Å². The second-order valence-electron chi connectivity index (χ2n) is 13.3. The number of furan rings is 2. The zero-order valence-electron chi connectivity index (χ0n) is 27.4. The van der Waals surface area contributed by atoms with E-state index in [-0.39, 0.29) is 18.5 Å². The molecule has 244 valence electrons. The number of fused-ring (bicyclic) bond motifs is 9. The van der Waals surface area contributed by atoms with E-state index in [0.717, 1.165) is 60.6 Å². The third-order valence-electron chi connectivity index (χ3n) is 10.4. The van der Waals surface area contributed by atoms with Crippen molar-refractivity contribution in [1.82, 2.24) is 16.0 Å². The van der Waals surface area contributed by atoms with Crippen molar-refractivity contribution < 1.29 is 8.83 Å². The first-order valence-electron chi connectivity index (χ1n) is 17.4. The summed E-state index contributed by atoms with van der Waals surface area (Å²) in [7, 11) is 0. The van der Waals surface area contributed by atoms with Crippen molar-refractivity contribution in [3.05, 3.63) is 168 Å². The third kappa shape index (κ3) is 4.58. The molecule has 3 N–H and O–H groups in total. The summed E-state index contributed by atoms with van der Waals surface area (Å²) in [5, 5.41) is 18.8. The van der Waals surface area contributed by atoms with Crippen LogP contribution in [0.5, 0.6) is 0 Å². The minimum absolute atomic E-state index is 0.0867. The second-order valence-corrected chi connectivity index (χ2v) is 14.4. The van der Waals surface area contributed by atoms with E-state index in [9.17, 15) is 0 Å². The Morgan fingerprint density at radius 3 is 1.98 bits per heavy atom. The van der Waals surface area contributed by atoms with Gasteiger partial charge in [0.05, 0.1) is 18.5 Å². The Bertz CT molecular complexity index is 2940. The molecule has 0 saturated carbocycles. The van der Waals surface area contributed by atoms with Crippen LogP contribution in [0.1, 0.15) is 35.2 Å². The Labute approximate surface area is 297 Å². The highest BCUT2D eigenvalue weighted by Gasteiger charge is 2.32. The van der Waals surface area contributed by atoms with Gasteiger partial charge in [0.25, 0.3) is 0 Å². The molecule has 0 spiro atoms. The van der Waals surface area contributed by atoms with Gasteiger partial charge in [-0.3, -0.25) is 16.0 Å². The van der Waals surface area contributed by atoms with Crippen LogP contribution in [0.3, 0.4) is 0 Å². The van der Waals surface area contributed by atoms with E-state index in [1.165, 1.54) is 31.3 Å². The van der Waals surface area contributed by atoms with Gasteiger partial charge < -0.3 is 8.83 Å². The van der Waals surface area contributed by atoms with Crippen LogP contribution < -0.4 is 16.0 Å². The fraction of sp³-hybridized carbons (Fsp3) is 0.0667. The van der Waals surface area contributed by atoms with Crippen LogP contribution in [-0.4, -0.2) is 0 Å². The van der Waals surface area contributed by atoms with Gasteiger partial charge in [-0.15, -0.1) is 11.3 Å². The number of para-hydroxylation sites is 3. The van der Waals surface area contributed by atoms with E-state index < -0.39 is 0 Å². The number of rotatable bonds is 4. The van der Waals surface area contributed by atoms with Gasteiger partial charge in [0.2, 0.25) is 0 Å². The largest absolute Gasteiger partial charge is 0.456 e. The van der Waals surface area contributed by atoms with Crippen molar-refractivity contribution in [3.8, 4) is 11.1 Å². The number of hydrogen-bond acceptors (Lipinski definition) is 6. The van der Waals surface area contributed by atoms with Crippen molar-refractivity contribution in [2.24, 2.45) is 0 Å². The van der Waals surface area contributed by atoms with Gasteiger partial charge in [-0.1, -0.05) is 121 Å². The van der Waals surface area contributed by atoms with Gasteiger partial charge in [-0.2, -0.15) is 0 Å². The molecule has 6 heteroatoms. The minimum Gasteiger partial charge on any atom is -0.456 e. The Hall–Kier alpha value is -5.76. The molecule has 7 aromatic carbocycles.